The largest absolute Gasteiger partial charge is 0.335 e. The van der Waals surface area contributed by atoms with Crippen molar-refractivity contribution in [3.05, 3.63) is 35.6 Å². The fourth-order valence-corrected chi connectivity index (χ4v) is 2.43. The van der Waals surface area contributed by atoms with Crippen LogP contribution in [0.15, 0.2) is 24.3 Å². The Labute approximate surface area is 142 Å². The number of carbonyl (C=O) groups excluding carboxylic acids is 2. The van der Waals surface area contributed by atoms with Gasteiger partial charge in [-0.05, 0) is 24.6 Å². The van der Waals surface area contributed by atoms with Gasteiger partial charge in [0.15, 0.2) is 0 Å². The molecule has 0 aromatic heterocycles. The Bertz CT molecular complexity index is 568. The molecule has 7 heteroatoms. The number of halogens is 2. The highest BCUT2D eigenvalue weighted by Gasteiger charge is 2.30. The molecular weight excluding hydrogens is 321 g/mol. The molecule has 1 saturated heterocycles. The fraction of sp³-hybridized carbons (Fsp3) is 0.500. The molecule has 5 nitrogen and oxygen atoms in total. The quantitative estimate of drug-likeness (QED) is 0.898. The number of hydrogen-bond acceptors (Lipinski definition) is 3. The van der Waals surface area contributed by atoms with Crippen LogP contribution in [-0.4, -0.2) is 47.3 Å². The van der Waals surface area contributed by atoms with Crippen molar-refractivity contribution in [3.63, 3.8) is 0 Å². The van der Waals surface area contributed by atoms with E-state index < -0.39 is 0 Å². The first kappa shape index (κ1) is 19.4. The van der Waals surface area contributed by atoms with E-state index in [1.54, 1.807) is 35.8 Å². The Hall–Kier alpha value is -1.66. The molecule has 1 fully saturated rings. The maximum Gasteiger partial charge on any atom is 0.242 e. The second-order valence-electron chi connectivity index (χ2n) is 5.85. The van der Waals surface area contributed by atoms with E-state index in [-0.39, 0.29) is 48.5 Å². The molecule has 128 valence electrons. The molecule has 0 spiro atoms. The van der Waals surface area contributed by atoms with Gasteiger partial charge in [0.2, 0.25) is 11.8 Å². The molecule has 23 heavy (non-hydrogen) atoms. The number of nitrogens with two attached hydrogens (primary N) is 1. The SMILES string of the molecule is CC(N)C(C)C(=O)N1CCN(Cc2cccc(F)c2)C(=O)C1.Cl. The van der Waals surface area contributed by atoms with Crippen LogP contribution in [0.2, 0.25) is 0 Å². The smallest absolute Gasteiger partial charge is 0.242 e. The van der Waals surface area contributed by atoms with E-state index in [2.05, 4.69) is 0 Å². The van der Waals surface area contributed by atoms with Gasteiger partial charge in [-0.1, -0.05) is 19.1 Å². The van der Waals surface area contributed by atoms with Crippen LogP contribution in [-0.2, 0) is 16.1 Å². The Morgan fingerprint density at radius 1 is 1.35 bits per heavy atom. The molecule has 2 amide bonds. The molecular formula is C16H23ClFN3O2. The third-order valence-electron chi connectivity index (χ3n) is 4.07. The van der Waals surface area contributed by atoms with Crippen molar-refractivity contribution in [2.24, 2.45) is 11.7 Å². The number of amides is 2. The summed E-state index contributed by atoms with van der Waals surface area (Å²) in [6.45, 7) is 4.91. The summed E-state index contributed by atoms with van der Waals surface area (Å²) in [7, 11) is 0. The Balaban J connectivity index is 0.00000264. The molecule has 1 aromatic carbocycles. The van der Waals surface area contributed by atoms with E-state index in [4.69, 9.17) is 5.73 Å². The van der Waals surface area contributed by atoms with Crippen LogP contribution < -0.4 is 5.73 Å². The van der Waals surface area contributed by atoms with Gasteiger partial charge in [-0.2, -0.15) is 0 Å². The van der Waals surface area contributed by atoms with Gasteiger partial charge < -0.3 is 15.5 Å². The van der Waals surface area contributed by atoms with Crippen molar-refractivity contribution in [3.8, 4) is 0 Å². The minimum absolute atomic E-state index is 0. The van der Waals surface area contributed by atoms with E-state index in [1.165, 1.54) is 12.1 Å². The molecule has 0 radical (unpaired) electrons. The average molecular weight is 344 g/mol. The van der Waals surface area contributed by atoms with E-state index in [0.29, 0.717) is 19.6 Å². The van der Waals surface area contributed by atoms with Gasteiger partial charge in [-0.3, -0.25) is 9.59 Å². The van der Waals surface area contributed by atoms with Gasteiger partial charge in [0.05, 0.1) is 12.5 Å². The second-order valence-corrected chi connectivity index (χ2v) is 5.85. The molecule has 0 bridgehead atoms. The molecule has 1 aromatic rings. The first-order valence-corrected chi connectivity index (χ1v) is 7.45. The maximum atomic E-state index is 13.2. The van der Waals surface area contributed by atoms with E-state index in [1.807, 2.05) is 0 Å². The van der Waals surface area contributed by atoms with Crippen LogP contribution in [0, 0.1) is 11.7 Å². The summed E-state index contributed by atoms with van der Waals surface area (Å²) in [5.41, 5.74) is 6.49. The zero-order valence-electron chi connectivity index (χ0n) is 13.4. The Morgan fingerprint density at radius 2 is 2.04 bits per heavy atom. The summed E-state index contributed by atoms with van der Waals surface area (Å²) in [5, 5.41) is 0. The number of carbonyl (C=O) groups is 2. The molecule has 2 N–H and O–H groups in total. The van der Waals surface area contributed by atoms with Crippen molar-refractivity contribution in [2.45, 2.75) is 26.4 Å². The molecule has 1 aliphatic heterocycles. The van der Waals surface area contributed by atoms with Gasteiger partial charge in [0.1, 0.15) is 5.82 Å². The highest BCUT2D eigenvalue weighted by molar-refractivity contribution is 5.87. The Kier molecular flexibility index (Phi) is 6.97. The fourth-order valence-electron chi connectivity index (χ4n) is 2.43. The monoisotopic (exact) mass is 343 g/mol. The highest BCUT2D eigenvalue weighted by Crippen LogP contribution is 2.14. The van der Waals surface area contributed by atoms with Crippen molar-refractivity contribution in [2.75, 3.05) is 19.6 Å². The van der Waals surface area contributed by atoms with Crippen LogP contribution in [0.1, 0.15) is 19.4 Å². The summed E-state index contributed by atoms with van der Waals surface area (Å²) in [6, 6.07) is 5.96. The predicted octanol–water partition coefficient (Wildman–Crippen LogP) is 1.40. The van der Waals surface area contributed by atoms with Gasteiger partial charge in [-0.25, -0.2) is 4.39 Å². The Morgan fingerprint density at radius 3 is 2.61 bits per heavy atom. The lowest BCUT2D eigenvalue weighted by Crippen LogP contribution is -2.54. The zero-order chi connectivity index (χ0) is 16.3. The van der Waals surface area contributed by atoms with Crippen LogP contribution in [0.3, 0.4) is 0 Å². The van der Waals surface area contributed by atoms with Crippen molar-refractivity contribution in [1.82, 2.24) is 9.80 Å². The third kappa shape index (κ3) is 4.91. The normalized spacial score (nSPS) is 17.5. The lowest BCUT2D eigenvalue weighted by atomic mass is 10.0. The summed E-state index contributed by atoms with van der Waals surface area (Å²) >= 11 is 0. The molecule has 1 aliphatic rings. The van der Waals surface area contributed by atoms with Crippen molar-refractivity contribution in [1.29, 1.82) is 0 Å². The van der Waals surface area contributed by atoms with Crippen LogP contribution in [0.4, 0.5) is 4.39 Å². The third-order valence-corrected chi connectivity index (χ3v) is 4.07. The first-order chi connectivity index (χ1) is 10.4. The summed E-state index contributed by atoms with van der Waals surface area (Å²) in [5.74, 6) is -0.832. The first-order valence-electron chi connectivity index (χ1n) is 7.45. The van der Waals surface area contributed by atoms with E-state index >= 15 is 0 Å². The average Bonchev–Trinajstić information content (AvgIpc) is 2.47. The van der Waals surface area contributed by atoms with E-state index in [9.17, 15) is 14.0 Å². The molecule has 2 atom stereocenters. The van der Waals surface area contributed by atoms with Gasteiger partial charge in [0.25, 0.3) is 0 Å². The number of rotatable bonds is 4. The predicted molar refractivity (Wildman–Crippen MR) is 88.5 cm³/mol. The molecule has 1 heterocycles. The molecule has 2 unspecified atom stereocenters. The van der Waals surface area contributed by atoms with Crippen LogP contribution >= 0.6 is 12.4 Å². The number of hydrogen-bond donors (Lipinski definition) is 1. The van der Waals surface area contributed by atoms with Crippen LogP contribution in [0.5, 0.6) is 0 Å². The van der Waals surface area contributed by atoms with Gasteiger partial charge in [-0.15, -0.1) is 12.4 Å². The number of benzene rings is 1. The summed E-state index contributed by atoms with van der Waals surface area (Å²) < 4.78 is 13.2. The molecule has 2 rings (SSSR count). The number of piperazine rings is 1. The van der Waals surface area contributed by atoms with E-state index in [0.717, 1.165) is 5.56 Å². The molecule has 0 aliphatic carbocycles. The standard InChI is InChI=1S/C16H22FN3O2.ClH/c1-11(12(2)18)16(22)20-7-6-19(15(21)10-20)9-13-4-3-5-14(17)8-13;/h3-5,8,11-12H,6-7,9-10,18H2,1-2H3;1H. The van der Waals surface area contributed by atoms with Crippen molar-refractivity contribution < 1.29 is 14.0 Å². The topological polar surface area (TPSA) is 66.6 Å². The zero-order valence-corrected chi connectivity index (χ0v) is 14.2. The minimum atomic E-state index is -0.315. The second kappa shape index (κ2) is 8.26. The maximum absolute atomic E-state index is 13.2. The molecule has 0 saturated carbocycles. The summed E-state index contributed by atoms with van der Waals surface area (Å²) in [4.78, 5) is 27.6. The lowest BCUT2D eigenvalue weighted by Gasteiger charge is -2.36. The number of nitrogens with zero attached hydrogens (tertiary/aromatic N) is 2. The van der Waals surface area contributed by atoms with Crippen molar-refractivity contribution >= 4 is 24.2 Å². The highest BCUT2D eigenvalue weighted by atomic mass is 35.5. The van der Waals surface area contributed by atoms with Crippen LogP contribution in [0.25, 0.3) is 0 Å². The van der Waals surface area contributed by atoms with Gasteiger partial charge >= 0.3 is 0 Å². The summed E-state index contributed by atoms with van der Waals surface area (Å²) in [6.07, 6.45) is 0. The minimum Gasteiger partial charge on any atom is -0.335 e. The van der Waals surface area contributed by atoms with Gasteiger partial charge in [0, 0.05) is 25.7 Å². The lowest BCUT2D eigenvalue weighted by molar-refractivity contribution is -0.148.